The quantitative estimate of drug-likeness (QED) is 0.906. The van der Waals surface area contributed by atoms with Crippen molar-refractivity contribution in [1.82, 2.24) is 15.1 Å². The number of anilines is 1. The minimum absolute atomic E-state index is 0.0529. The lowest BCUT2D eigenvalue weighted by Crippen LogP contribution is -2.36. The Labute approximate surface area is 146 Å². The molecule has 2 aromatic rings. The maximum atomic E-state index is 13.6. The maximum absolute atomic E-state index is 13.6. The van der Waals surface area contributed by atoms with E-state index in [1.54, 1.807) is 11.8 Å². The van der Waals surface area contributed by atoms with Crippen LogP contribution in [-0.2, 0) is 4.79 Å². The van der Waals surface area contributed by atoms with Gasteiger partial charge >= 0.3 is 0 Å². The van der Waals surface area contributed by atoms with Gasteiger partial charge in [0, 0.05) is 32.0 Å². The van der Waals surface area contributed by atoms with E-state index in [4.69, 9.17) is 0 Å². The van der Waals surface area contributed by atoms with Crippen LogP contribution in [0.4, 0.5) is 14.5 Å². The Hall–Kier alpha value is -2.42. The third kappa shape index (κ3) is 3.98. The van der Waals surface area contributed by atoms with Crippen molar-refractivity contribution in [3.05, 3.63) is 39.8 Å². The number of hydrogen-bond acceptors (Lipinski definition) is 5. The van der Waals surface area contributed by atoms with E-state index in [1.807, 2.05) is 0 Å². The highest BCUT2D eigenvalue weighted by Crippen LogP contribution is 2.30. The van der Waals surface area contributed by atoms with Gasteiger partial charge in [-0.1, -0.05) is 11.3 Å². The lowest BCUT2D eigenvalue weighted by atomic mass is 9.98. The van der Waals surface area contributed by atoms with E-state index in [-0.39, 0.29) is 22.5 Å². The Morgan fingerprint density at radius 3 is 2.60 bits per heavy atom. The predicted octanol–water partition coefficient (Wildman–Crippen LogP) is 2.79. The van der Waals surface area contributed by atoms with E-state index in [1.165, 1.54) is 0 Å². The van der Waals surface area contributed by atoms with Crippen molar-refractivity contribution in [3.8, 4) is 0 Å². The molecular formula is C16H16F2N4O2S. The van der Waals surface area contributed by atoms with E-state index in [2.05, 4.69) is 15.5 Å². The largest absolute Gasteiger partial charge is 0.343 e. The zero-order valence-corrected chi connectivity index (χ0v) is 14.3. The fourth-order valence-corrected chi connectivity index (χ4v) is 3.61. The maximum Gasteiger partial charge on any atom is 0.286 e. The van der Waals surface area contributed by atoms with Crippen LogP contribution in [0, 0.1) is 11.6 Å². The third-order valence-electron chi connectivity index (χ3n) is 4.10. The first-order chi connectivity index (χ1) is 11.9. The molecule has 0 bridgehead atoms. The molecule has 1 aliphatic rings. The molecule has 0 saturated carbocycles. The first-order valence-electron chi connectivity index (χ1n) is 7.79. The summed E-state index contributed by atoms with van der Waals surface area (Å²) >= 11 is 1.15. The standard InChI is InChI=1S/C16H16F2N4O2S/c1-9(23)22-6-4-10(5-7-22)15-20-21-16(25-15)14(24)19-13-3-2-11(17)8-12(13)18/h2-3,8,10H,4-7H2,1H3,(H,19,24). The Morgan fingerprint density at radius 1 is 1.24 bits per heavy atom. The molecule has 1 aromatic carbocycles. The van der Waals surface area contributed by atoms with Crippen molar-refractivity contribution >= 4 is 28.8 Å². The van der Waals surface area contributed by atoms with Gasteiger partial charge in [0.25, 0.3) is 5.91 Å². The van der Waals surface area contributed by atoms with Crippen LogP contribution in [0.5, 0.6) is 0 Å². The number of halogens is 2. The Balaban J connectivity index is 1.65. The monoisotopic (exact) mass is 366 g/mol. The summed E-state index contributed by atoms with van der Waals surface area (Å²) in [6.45, 7) is 2.85. The topological polar surface area (TPSA) is 75.2 Å². The Bertz CT molecular complexity index is 803. The summed E-state index contributed by atoms with van der Waals surface area (Å²) in [6.07, 6.45) is 1.53. The first kappa shape index (κ1) is 17.4. The van der Waals surface area contributed by atoms with Gasteiger partial charge in [-0.3, -0.25) is 9.59 Å². The van der Waals surface area contributed by atoms with E-state index in [0.717, 1.165) is 41.3 Å². The smallest absolute Gasteiger partial charge is 0.286 e. The van der Waals surface area contributed by atoms with Crippen molar-refractivity contribution in [2.24, 2.45) is 0 Å². The molecule has 25 heavy (non-hydrogen) atoms. The van der Waals surface area contributed by atoms with Crippen LogP contribution in [0.2, 0.25) is 0 Å². The highest BCUT2D eigenvalue weighted by Gasteiger charge is 2.26. The normalized spacial score (nSPS) is 15.2. The van der Waals surface area contributed by atoms with Crippen LogP contribution in [0.1, 0.15) is 40.5 Å². The highest BCUT2D eigenvalue weighted by molar-refractivity contribution is 7.13. The average molecular weight is 366 g/mol. The molecule has 1 aliphatic heterocycles. The third-order valence-corrected chi connectivity index (χ3v) is 5.19. The highest BCUT2D eigenvalue weighted by atomic mass is 32.1. The molecule has 0 spiro atoms. The summed E-state index contributed by atoms with van der Waals surface area (Å²) in [5.74, 6) is -1.95. The second kappa shape index (κ2) is 7.22. The van der Waals surface area contributed by atoms with Gasteiger partial charge in [0.2, 0.25) is 10.9 Å². The number of carbonyl (C=O) groups is 2. The molecule has 0 unspecified atom stereocenters. The number of amides is 2. The van der Waals surface area contributed by atoms with E-state index in [9.17, 15) is 18.4 Å². The number of likely N-dealkylation sites (tertiary alicyclic amines) is 1. The molecule has 132 valence electrons. The molecule has 1 saturated heterocycles. The van der Waals surface area contributed by atoms with Crippen LogP contribution < -0.4 is 5.32 Å². The first-order valence-corrected chi connectivity index (χ1v) is 8.61. The number of rotatable bonds is 3. The number of benzene rings is 1. The van der Waals surface area contributed by atoms with E-state index in [0.29, 0.717) is 19.2 Å². The van der Waals surface area contributed by atoms with Gasteiger partial charge in [0.15, 0.2) is 0 Å². The van der Waals surface area contributed by atoms with Gasteiger partial charge in [0.05, 0.1) is 5.69 Å². The van der Waals surface area contributed by atoms with E-state index >= 15 is 0 Å². The number of nitrogens with one attached hydrogen (secondary N) is 1. The van der Waals surface area contributed by atoms with Crippen LogP contribution in [0.15, 0.2) is 18.2 Å². The molecule has 2 amide bonds. The molecule has 6 nitrogen and oxygen atoms in total. The second-order valence-electron chi connectivity index (χ2n) is 5.80. The van der Waals surface area contributed by atoms with Crippen molar-refractivity contribution in [2.45, 2.75) is 25.7 Å². The summed E-state index contributed by atoms with van der Waals surface area (Å²) in [4.78, 5) is 25.3. The van der Waals surface area contributed by atoms with Crippen molar-refractivity contribution < 1.29 is 18.4 Å². The molecule has 0 aliphatic carbocycles. The number of hydrogen-bond donors (Lipinski definition) is 1. The molecule has 3 rings (SSSR count). The van der Waals surface area contributed by atoms with Gasteiger partial charge in [0.1, 0.15) is 16.6 Å². The Kier molecular flexibility index (Phi) is 5.03. The second-order valence-corrected chi connectivity index (χ2v) is 6.81. The van der Waals surface area contributed by atoms with Gasteiger partial charge < -0.3 is 10.2 Å². The van der Waals surface area contributed by atoms with Gasteiger partial charge in [-0.15, -0.1) is 10.2 Å². The summed E-state index contributed by atoms with van der Waals surface area (Å²) < 4.78 is 26.5. The number of carbonyl (C=O) groups excluding carboxylic acids is 2. The van der Waals surface area contributed by atoms with Gasteiger partial charge in [-0.2, -0.15) is 0 Å². The zero-order valence-electron chi connectivity index (χ0n) is 13.5. The van der Waals surface area contributed by atoms with Gasteiger partial charge in [-0.05, 0) is 25.0 Å². The molecule has 2 heterocycles. The Morgan fingerprint density at radius 2 is 1.96 bits per heavy atom. The average Bonchev–Trinajstić information content (AvgIpc) is 3.07. The molecule has 1 aromatic heterocycles. The van der Waals surface area contributed by atoms with E-state index < -0.39 is 17.5 Å². The lowest BCUT2D eigenvalue weighted by Gasteiger charge is -2.29. The van der Waals surface area contributed by atoms with Crippen LogP contribution in [0.25, 0.3) is 0 Å². The molecule has 1 N–H and O–H groups in total. The van der Waals surface area contributed by atoms with Crippen LogP contribution in [-0.4, -0.2) is 40.0 Å². The molecule has 1 fully saturated rings. The van der Waals surface area contributed by atoms with Crippen LogP contribution >= 0.6 is 11.3 Å². The van der Waals surface area contributed by atoms with Crippen molar-refractivity contribution in [2.75, 3.05) is 18.4 Å². The SMILES string of the molecule is CC(=O)N1CCC(c2nnc(C(=O)Nc3ccc(F)cc3F)s2)CC1. The molecular weight excluding hydrogens is 350 g/mol. The number of nitrogens with zero attached hydrogens (tertiary/aromatic N) is 3. The van der Waals surface area contributed by atoms with Crippen LogP contribution in [0.3, 0.4) is 0 Å². The lowest BCUT2D eigenvalue weighted by molar-refractivity contribution is -0.129. The minimum atomic E-state index is -0.852. The summed E-state index contributed by atoms with van der Waals surface area (Å²) in [7, 11) is 0. The predicted molar refractivity (Wildman–Crippen MR) is 88.4 cm³/mol. The number of piperidine rings is 1. The molecule has 0 radical (unpaired) electrons. The fourth-order valence-electron chi connectivity index (χ4n) is 2.70. The minimum Gasteiger partial charge on any atom is -0.343 e. The fraction of sp³-hybridized carbons (Fsp3) is 0.375. The zero-order chi connectivity index (χ0) is 18.0. The molecule has 0 atom stereocenters. The molecule has 9 heteroatoms. The van der Waals surface area contributed by atoms with Crippen molar-refractivity contribution in [3.63, 3.8) is 0 Å². The summed E-state index contributed by atoms with van der Waals surface area (Å²) in [6, 6.07) is 2.92. The summed E-state index contributed by atoms with van der Waals surface area (Å²) in [5.41, 5.74) is -0.113. The van der Waals surface area contributed by atoms with Gasteiger partial charge in [-0.25, -0.2) is 8.78 Å². The van der Waals surface area contributed by atoms with Crippen molar-refractivity contribution in [1.29, 1.82) is 0 Å². The number of aromatic nitrogens is 2. The summed E-state index contributed by atoms with van der Waals surface area (Å²) in [5, 5.41) is 11.1.